The quantitative estimate of drug-likeness (QED) is 0.677. The Kier molecular flexibility index (Phi) is 4.57. The van der Waals surface area contributed by atoms with Crippen molar-refractivity contribution in [3.63, 3.8) is 0 Å². The molecule has 132 valence electrons. The van der Waals surface area contributed by atoms with Crippen LogP contribution in [-0.4, -0.2) is 29.9 Å². The zero-order valence-corrected chi connectivity index (χ0v) is 14.7. The third-order valence-corrected chi connectivity index (χ3v) is 4.76. The second-order valence-corrected chi connectivity index (χ2v) is 7.27. The largest absolute Gasteiger partial charge is 0.350 e. The molecule has 0 bridgehead atoms. The van der Waals surface area contributed by atoms with Gasteiger partial charge in [-0.25, -0.2) is 13.2 Å². The van der Waals surface area contributed by atoms with Crippen molar-refractivity contribution >= 4 is 33.1 Å². The summed E-state index contributed by atoms with van der Waals surface area (Å²) in [4.78, 5) is 18.6. The van der Waals surface area contributed by atoms with Crippen LogP contribution in [0.25, 0.3) is 10.2 Å². The first kappa shape index (κ1) is 17.5. The van der Waals surface area contributed by atoms with Crippen LogP contribution in [0.5, 0.6) is 0 Å². The number of nitrogens with one attached hydrogen (secondary N) is 2. The van der Waals surface area contributed by atoms with E-state index >= 15 is 0 Å². The van der Waals surface area contributed by atoms with Crippen molar-refractivity contribution in [1.29, 1.82) is 0 Å². The van der Waals surface area contributed by atoms with Crippen LogP contribution >= 0.6 is 11.3 Å². The molecule has 0 aliphatic carbocycles. The molecule has 0 aliphatic rings. The summed E-state index contributed by atoms with van der Waals surface area (Å²) in [5, 5.41) is 2.31. The minimum atomic E-state index is -1.31. The van der Waals surface area contributed by atoms with Crippen molar-refractivity contribution in [2.45, 2.75) is 13.5 Å². The molecule has 0 atom stereocenters. The smallest absolute Gasteiger partial charge is 0.272 e. The van der Waals surface area contributed by atoms with Crippen LogP contribution < -0.4 is 5.32 Å². The standard InChI is InChI=1S/C17H16F3N3OS/c1-8-4-14-16(25-8)9(7-23(2)3)15(21-14)17(24)22-13-6-11(19)10(18)5-12(13)20/h4-6,21H,7H2,1-3H3,(H,22,24). The van der Waals surface area contributed by atoms with Gasteiger partial charge in [0.2, 0.25) is 0 Å². The van der Waals surface area contributed by atoms with Crippen molar-refractivity contribution in [1.82, 2.24) is 9.88 Å². The second-order valence-electron chi connectivity index (χ2n) is 6.02. The van der Waals surface area contributed by atoms with Gasteiger partial charge in [-0.1, -0.05) is 0 Å². The fraction of sp³-hybridized carbons (Fsp3) is 0.235. The number of hydrogen-bond donors (Lipinski definition) is 2. The number of amides is 1. The van der Waals surface area contributed by atoms with Gasteiger partial charge in [-0.15, -0.1) is 11.3 Å². The molecular weight excluding hydrogens is 351 g/mol. The number of H-pyrrole nitrogens is 1. The van der Waals surface area contributed by atoms with Crippen molar-refractivity contribution in [2.24, 2.45) is 0 Å². The Morgan fingerprint density at radius 3 is 2.52 bits per heavy atom. The van der Waals surface area contributed by atoms with Gasteiger partial charge in [0.25, 0.3) is 5.91 Å². The molecule has 0 saturated carbocycles. The molecule has 0 fully saturated rings. The van der Waals surface area contributed by atoms with Crippen LogP contribution in [0.15, 0.2) is 18.2 Å². The van der Waals surface area contributed by atoms with Gasteiger partial charge >= 0.3 is 0 Å². The lowest BCUT2D eigenvalue weighted by atomic mass is 10.2. The highest BCUT2D eigenvalue weighted by atomic mass is 32.1. The van der Waals surface area contributed by atoms with Crippen LogP contribution in [0.1, 0.15) is 20.9 Å². The highest BCUT2D eigenvalue weighted by Crippen LogP contribution is 2.32. The summed E-state index contributed by atoms with van der Waals surface area (Å²) in [5.74, 6) is -4.18. The lowest BCUT2D eigenvalue weighted by molar-refractivity contribution is 0.102. The highest BCUT2D eigenvalue weighted by Gasteiger charge is 2.21. The maximum Gasteiger partial charge on any atom is 0.272 e. The van der Waals surface area contributed by atoms with Crippen molar-refractivity contribution in [2.75, 3.05) is 19.4 Å². The number of fused-ring (bicyclic) bond motifs is 1. The predicted octanol–water partition coefficient (Wildman–Crippen LogP) is 4.27. The first-order valence-corrected chi connectivity index (χ1v) is 8.29. The lowest BCUT2D eigenvalue weighted by Crippen LogP contribution is -2.18. The first-order chi connectivity index (χ1) is 11.8. The number of carbonyl (C=O) groups is 1. The molecule has 8 heteroatoms. The van der Waals surface area contributed by atoms with Gasteiger partial charge in [0.1, 0.15) is 11.5 Å². The van der Waals surface area contributed by atoms with Crippen LogP contribution in [0.3, 0.4) is 0 Å². The predicted molar refractivity (Wildman–Crippen MR) is 92.6 cm³/mol. The molecule has 25 heavy (non-hydrogen) atoms. The summed E-state index contributed by atoms with van der Waals surface area (Å²) in [7, 11) is 3.74. The van der Waals surface area contributed by atoms with E-state index in [1.165, 1.54) is 0 Å². The van der Waals surface area contributed by atoms with E-state index in [9.17, 15) is 18.0 Å². The zero-order chi connectivity index (χ0) is 18.3. The average molecular weight is 367 g/mol. The van der Waals surface area contributed by atoms with E-state index in [2.05, 4.69) is 10.3 Å². The number of thiophene rings is 1. The topological polar surface area (TPSA) is 48.1 Å². The molecular formula is C17H16F3N3OS. The minimum Gasteiger partial charge on any atom is -0.350 e. The van der Waals surface area contributed by atoms with Gasteiger partial charge in [0.05, 0.1) is 15.9 Å². The molecule has 0 radical (unpaired) electrons. The van der Waals surface area contributed by atoms with E-state index in [0.29, 0.717) is 18.7 Å². The molecule has 3 rings (SSSR count). The molecule has 0 saturated heterocycles. The number of aromatic amines is 1. The van der Waals surface area contributed by atoms with E-state index in [0.717, 1.165) is 20.7 Å². The van der Waals surface area contributed by atoms with Gasteiger partial charge in [0.15, 0.2) is 11.6 Å². The number of benzene rings is 1. The second kappa shape index (κ2) is 6.53. The van der Waals surface area contributed by atoms with E-state index in [1.807, 2.05) is 32.0 Å². The lowest BCUT2D eigenvalue weighted by Gasteiger charge is -2.11. The minimum absolute atomic E-state index is 0.277. The van der Waals surface area contributed by atoms with Crippen molar-refractivity contribution in [3.8, 4) is 0 Å². The highest BCUT2D eigenvalue weighted by molar-refractivity contribution is 7.19. The number of aryl methyl sites for hydroxylation is 1. The van der Waals surface area contributed by atoms with E-state index in [-0.39, 0.29) is 5.69 Å². The molecule has 1 aromatic carbocycles. The number of aromatic nitrogens is 1. The number of anilines is 1. The van der Waals surface area contributed by atoms with Crippen molar-refractivity contribution < 1.29 is 18.0 Å². The molecule has 0 aliphatic heterocycles. The molecule has 3 aromatic rings. The maximum atomic E-state index is 13.8. The SMILES string of the molecule is Cc1cc2[nH]c(C(=O)Nc3cc(F)c(F)cc3F)c(CN(C)C)c2s1. The normalized spacial score (nSPS) is 11.5. The van der Waals surface area contributed by atoms with E-state index < -0.39 is 29.0 Å². The van der Waals surface area contributed by atoms with Gasteiger partial charge in [-0.3, -0.25) is 4.79 Å². The number of nitrogens with zero attached hydrogens (tertiary/aromatic N) is 1. The van der Waals surface area contributed by atoms with E-state index in [4.69, 9.17) is 0 Å². The Bertz CT molecular complexity index is 962. The summed E-state index contributed by atoms with van der Waals surface area (Å²) in [6.45, 7) is 2.47. The van der Waals surface area contributed by atoms with E-state index in [1.54, 1.807) is 11.3 Å². The summed E-state index contributed by atoms with van der Waals surface area (Å²) in [5.41, 5.74) is 1.46. The Labute approximate surface area is 146 Å². The maximum absolute atomic E-state index is 13.8. The Hall–Kier alpha value is -2.32. The van der Waals surface area contributed by atoms with Crippen LogP contribution in [-0.2, 0) is 6.54 Å². The zero-order valence-electron chi connectivity index (χ0n) is 13.8. The summed E-state index contributed by atoms with van der Waals surface area (Å²) < 4.78 is 41.1. The van der Waals surface area contributed by atoms with Gasteiger partial charge in [0, 0.05) is 29.1 Å². The third-order valence-electron chi connectivity index (χ3n) is 3.65. The molecule has 1 amide bonds. The van der Waals surface area contributed by atoms with Crippen LogP contribution in [0, 0.1) is 24.4 Å². The van der Waals surface area contributed by atoms with Gasteiger partial charge in [-0.05, 0) is 27.1 Å². The first-order valence-electron chi connectivity index (χ1n) is 7.48. The summed E-state index contributed by atoms with van der Waals surface area (Å²) in [6, 6.07) is 2.96. The molecule has 2 N–H and O–H groups in total. The fourth-order valence-corrected chi connectivity index (χ4v) is 3.63. The van der Waals surface area contributed by atoms with Gasteiger partial charge < -0.3 is 15.2 Å². The Morgan fingerprint density at radius 2 is 1.84 bits per heavy atom. The van der Waals surface area contributed by atoms with Crippen LogP contribution in [0.2, 0.25) is 0 Å². The van der Waals surface area contributed by atoms with Crippen molar-refractivity contribution in [3.05, 3.63) is 51.8 Å². The van der Waals surface area contributed by atoms with Gasteiger partial charge in [-0.2, -0.15) is 0 Å². The number of rotatable bonds is 4. The molecule has 0 spiro atoms. The third kappa shape index (κ3) is 3.40. The van der Waals surface area contributed by atoms with Crippen LogP contribution in [0.4, 0.5) is 18.9 Å². The number of carbonyl (C=O) groups excluding carboxylic acids is 1. The fourth-order valence-electron chi connectivity index (χ4n) is 2.62. The summed E-state index contributed by atoms with van der Waals surface area (Å²) in [6.07, 6.45) is 0. The Morgan fingerprint density at radius 1 is 1.16 bits per heavy atom. The summed E-state index contributed by atoms with van der Waals surface area (Å²) >= 11 is 1.55. The molecule has 4 nitrogen and oxygen atoms in total. The monoisotopic (exact) mass is 367 g/mol. The Balaban J connectivity index is 1.99. The average Bonchev–Trinajstić information content (AvgIpc) is 3.02. The number of halogens is 3. The number of hydrogen-bond acceptors (Lipinski definition) is 3. The molecule has 2 heterocycles. The molecule has 2 aromatic heterocycles. The molecule has 0 unspecified atom stereocenters.